The zero-order valence-electron chi connectivity index (χ0n) is 18.6. The van der Waals surface area contributed by atoms with E-state index in [-0.39, 0.29) is 30.4 Å². The second-order valence-corrected chi connectivity index (χ2v) is 9.06. The number of aromatic nitrogens is 2. The number of benzene rings is 1. The van der Waals surface area contributed by atoms with E-state index in [0.717, 1.165) is 0 Å². The second-order valence-electron chi connectivity index (χ2n) is 8.68. The van der Waals surface area contributed by atoms with Gasteiger partial charge in [-0.3, -0.25) is 14.5 Å². The number of piperazine rings is 1. The van der Waals surface area contributed by atoms with E-state index in [0.29, 0.717) is 23.7 Å². The number of aliphatic hydroxyl groups is 1. The maximum atomic E-state index is 13.4. The maximum Gasteiger partial charge on any atom is 0.424 e. The molecule has 1 N–H and O–H groups in total. The Labute approximate surface area is 198 Å². The van der Waals surface area contributed by atoms with Crippen molar-refractivity contribution in [1.29, 1.82) is 5.26 Å². The minimum absolute atomic E-state index is 0.0299. The van der Waals surface area contributed by atoms with Gasteiger partial charge in [0.1, 0.15) is 5.84 Å². The van der Waals surface area contributed by atoms with Gasteiger partial charge in [-0.15, -0.1) is 0 Å². The van der Waals surface area contributed by atoms with Gasteiger partial charge in [0.2, 0.25) is 5.60 Å². The predicted octanol–water partition coefficient (Wildman–Crippen LogP) is 2.85. The number of halogens is 4. The van der Waals surface area contributed by atoms with Crippen LogP contribution in [0.4, 0.5) is 13.2 Å². The first-order chi connectivity index (χ1) is 15.9. The molecule has 8 nitrogen and oxygen atoms in total. The van der Waals surface area contributed by atoms with Crippen molar-refractivity contribution < 1.29 is 23.1 Å². The number of aliphatic imine (C=N–C) groups is 1. The summed E-state index contributed by atoms with van der Waals surface area (Å²) in [4.78, 5) is 20.3. The average Bonchev–Trinajstić information content (AvgIpc) is 3.34. The molecule has 1 amide bonds. The summed E-state index contributed by atoms with van der Waals surface area (Å²) in [5.74, 6) is -0.869. The molecule has 0 saturated carbocycles. The Balaban J connectivity index is 1.57. The standard InChI is InChI=1S/C22H22ClF3N6O2/c1-12-10-31(11-15-9-28-20(32(12)15)21(2,34)22(24,25)26)19(33)17-16(23)18(30(3)29-17)14-6-4-13(8-27)5-7-14/h4-7,12,15,34H,9-11H2,1-3H3/t12-,15?,21?/m0/s1. The fourth-order valence-corrected chi connectivity index (χ4v) is 4.83. The zero-order valence-corrected chi connectivity index (χ0v) is 19.4. The topological polar surface area (TPSA) is 97.8 Å². The van der Waals surface area contributed by atoms with Crippen LogP contribution in [0, 0.1) is 11.3 Å². The van der Waals surface area contributed by atoms with Gasteiger partial charge in [0, 0.05) is 31.7 Å². The van der Waals surface area contributed by atoms with Gasteiger partial charge in [0.05, 0.1) is 34.9 Å². The molecule has 12 heteroatoms. The van der Waals surface area contributed by atoms with E-state index in [2.05, 4.69) is 10.1 Å². The van der Waals surface area contributed by atoms with Crippen molar-refractivity contribution >= 4 is 23.3 Å². The molecule has 1 fully saturated rings. The molecule has 4 rings (SSSR count). The van der Waals surface area contributed by atoms with Crippen molar-refractivity contribution in [2.45, 2.75) is 37.7 Å². The minimum Gasteiger partial charge on any atom is -0.374 e. The van der Waals surface area contributed by atoms with E-state index in [9.17, 15) is 23.1 Å². The van der Waals surface area contributed by atoms with Crippen LogP contribution < -0.4 is 0 Å². The summed E-state index contributed by atoms with van der Waals surface area (Å²) in [5, 5.41) is 23.6. The quantitative estimate of drug-likeness (QED) is 0.707. The van der Waals surface area contributed by atoms with Gasteiger partial charge in [0.15, 0.2) is 5.69 Å². The molecular formula is C22H22ClF3N6O2. The summed E-state index contributed by atoms with van der Waals surface area (Å²) in [5.41, 5.74) is -1.38. The lowest BCUT2D eigenvalue weighted by atomic mass is 10.00. The van der Waals surface area contributed by atoms with E-state index < -0.39 is 35.6 Å². The van der Waals surface area contributed by atoms with E-state index in [1.54, 1.807) is 38.2 Å². The van der Waals surface area contributed by atoms with Gasteiger partial charge < -0.3 is 14.9 Å². The summed E-state index contributed by atoms with van der Waals surface area (Å²) < 4.78 is 41.7. The Morgan fingerprint density at radius 1 is 1.26 bits per heavy atom. The Bertz CT molecular complexity index is 1200. The van der Waals surface area contributed by atoms with Gasteiger partial charge in [0.25, 0.3) is 5.91 Å². The van der Waals surface area contributed by atoms with Crippen LogP contribution in [0.2, 0.25) is 5.02 Å². The van der Waals surface area contributed by atoms with Crippen LogP contribution in [0.25, 0.3) is 11.3 Å². The summed E-state index contributed by atoms with van der Waals surface area (Å²) in [6.45, 7) is 2.63. The molecule has 2 aliphatic rings. The Hall–Kier alpha value is -3.10. The summed E-state index contributed by atoms with van der Waals surface area (Å²) in [6.07, 6.45) is -4.88. The second kappa shape index (κ2) is 8.29. The number of amides is 1. The molecule has 2 aromatic rings. The van der Waals surface area contributed by atoms with Gasteiger partial charge >= 0.3 is 6.18 Å². The maximum absolute atomic E-state index is 13.4. The number of carbonyl (C=O) groups is 1. The number of nitrogens with zero attached hydrogens (tertiary/aromatic N) is 6. The Kier molecular flexibility index (Phi) is 5.86. The molecule has 34 heavy (non-hydrogen) atoms. The molecule has 0 spiro atoms. The van der Waals surface area contributed by atoms with Crippen molar-refractivity contribution in [1.82, 2.24) is 19.6 Å². The molecule has 3 heterocycles. The normalized spacial score (nSPS) is 22.1. The predicted molar refractivity (Wildman–Crippen MR) is 118 cm³/mol. The number of rotatable bonds is 3. The third kappa shape index (κ3) is 3.80. The third-order valence-electron chi connectivity index (χ3n) is 6.23. The van der Waals surface area contributed by atoms with Gasteiger partial charge in [-0.25, -0.2) is 0 Å². The minimum atomic E-state index is -4.88. The summed E-state index contributed by atoms with van der Waals surface area (Å²) in [7, 11) is 1.65. The van der Waals surface area contributed by atoms with Crippen molar-refractivity contribution in [3.63, 3.8) is 0 Å². The van der Waals surface area contributed by atoms with Crippen molar-refractivity contribution in [3.05, 3.63) is 40.5 Å². The van der Waals surface area contributed by atoms with Crippen molar-refractivity contribution in [2.75, 3.05) is 19.6 Å². The highest BCUT2D eigenvalue weighted by Gasteiger charge is 2.58. The van der Waals surface area contributed by atoms with Crippen LogP contribution in [0.5, 0.6) is 0 Å². The number of hydrogen-bond acceptors (Lipinski definition) is 6. The van der Waals surface area contributed by atoms with Crippen LogP contribution in [0.1, 0.15) is 29.9 Å². The zero-order chi connectivity index (χ0) is 25.0. The summed E-state index contributed by atoms with van der Waals surface area (Å²) in [6, 6.07) is 7.70. The SMILES string of the molecule is C[C@H]1CN(C(=O)c2nn(C)c(-c3ccc(C#N)cc3)c2Cl)CC2CN=C(C(C)(O)C(F)(F)F)N21. The number of nitriles is 1. The molecule has 3 atom stereocenters. The molecular weight excluding hydrogens is 473 g/mol. The fraction of sp³-hybridized carbons (Fsp3) is 0.455. The molecule has 1 aromatic carbocycles. The first-order valence-corrected chi connectivity index (χ1v) is 10.9. The lowest BCUT2D eigenvalue weighted by Gasteiger charge is -2.45. The molecule has 0 radical (unpaired) electrons. The molecule has 180 valence electrons. The molecule has 0 bridgehead atoms. The molecule has 1 aromatic heterocycles. The van der Waals surface area contributed by atoms with Gasteiger partial charge in [-0.2, -0.15) is 23.5 Å². The highest BCUT2D eigenvalue weighted by atomic mass is 35.5. The van der Waals surface area contributed by atoms with Gasteiger partial charge in [-0.05, 0) is 26.0 Å². The number of aryl methyl sites for hydroxylation is 1. The van der Waals surface area contributed by atoms with Crippen LogP contribution in [-0.4, -0.2) is 79.9 Å². The van der Waals surface area contributed by atoms with E-state index in [1.807, 2.05) is 6.07 Å². The molecule has 2 aliphatic heterocycles. The first-order valence-electron chi connectivity index (χ1n) is 10.5. The van der Waals surface area contributed by atoms with Crippen LogP contribution in [-0.2, 0) is 7.05 Å². The van der Waals surface area contributed by atoms with Crippen molar-refractivity contribution in [3.8, 4) is 17.3 Å². The molecule has 2 unspecified atom stereocenters. The monoisotopic (exact) mass is 494 g/mol. The fourth-order valence-electron chi connectivity index (χ4n) is 4.48. The number of amidine groups is 1. The third-order valence-corrected chi connectivity index (χ3v) is 6.59. The first kappa shape index (κ1) is 24.0. The highest BCUT2D eigenvalue weighted by Crippen LogP contribution is 2.37. The molecule has 0 aliphatic carbocycles. The van der Waals surface area contributed by atoms with Crippen LogP contribution in [0.3, 0.4) is 0 Å². The average molecular weight is 495 g/mol. The number of hydrogen-bond donors (Lipinski definition) is 1. The lowest BCUT2D eigenvalue weighted by molar-refractivity contribution is -0.227. The smallest absolute Gasteiger partial charge is 0.374 e. The number of alkyl halides is 3. The largest absolute Gasteiger partial charge is 0.424 e. The number of carbonyl (C=O) groups excluding carboxylic acids is 1. The van der Waals surface area contributed by atoms with Crippen LogP contribution >= 0.6 is 11.6 Å². The van der Waals surface area contributed by atoms with E-state index in [4.69, 9.17) is 16.9 Å². The van der Waals surface area contributed by atoms with E-state index in [1.165, 1.54) is 14.5 Å². The van der Waals surface area contributed by atoms with E-state index >= 15 is 0 Å². The Morgan fingerprint density at radius 2 is 1.91 bits per heavy atom. The van der Waals surface area contributed by atoms with Gasteiger partial charge in [-0.1, -0.05) is 23.7 Å². The highest BCUT2D eigenvalue weighted by molar-refractivity contribution is 6.36. The number of fused-ring (bicyclic) bond motifs is 1. The lowest BCUT2D eigenvalue weighted by Crippen LogP contribution is -2.64. The Morgan fingerprint density at radius 3 is 2.50 bits per heavy atom. The van der Waals surface area contributed by atoms with Crippen LogP contribution in [0.15, 0.2) is 29.3 Å². The summed E-state index contributed by atoms with van der Waals surface area (Å²) >= 11 is 6.55. The van der Waals surface area contributed by atoms with Crippen molar-refractivity contribution in [2.24, 2.45) is 12.0 Å². The molecule has 1 saturated heterocycles.